The van der Waals surface area contributed by atoms with Gasteiger partial charge in [-0.15, -0.1) is 0 Å². The number of aromatic nitrogens is 2. The number of anilines is 2. The first-order chi connectivity index (χ1) is 19.8. The van der Waals surface area contributed by atoms with Gasteiger partial charge in [-0.25, -0.2) is 9.37 Å². The number of amides is 2. The molecule has 13 heteroatoms. The number of aliphatic hydroxyl groups is 1. The normalized spacial score (nSPS) is 11.1. The maximum atomic E-state index is 13.2. The van der Waals surface area contributed by atoms with Crippen LogP contribution in [-0.2, 0) is 11.8 Å². The predicted molar refractivity (Wildman–Crippen MR) is 152 cm³/mol. The number of alkyl halides is 3. The highest BCUT2D eigenvalue weighted by molar-refractivity contribution is 6.34. The maximum absolute atomic E-state index is 13.2. The SMILES string of the molecule is C=C(F)C(=O)Nc1ccc(-c2c(-c3ccc(C(=O)NCC(F)(F)F)c(Cl)c3)c3c(N)ncc(C#CCO)c3n2C)cc1. The van der Waals surface area contributed by atoms with E-state index < -0.39 is 37.0 Å². The van der Waals surface area contributed by atoms with Crippen molar-refractivity contribution in [1.82, 2.24) is 14.9 Å². The highest BCUT2D eigenvalue weighted by atomic mass is 35.5. The number of carbonyl (C=O) groups excluding carboxylic acids is 2. The number of hydrogen-bond donors (Lipinski definition) is 4. The van der Waals surface area contributed by atoms with Gasteiger partial charge in [-0.3, -0.25) is 9.59 Å². The lowest BCUT2D eigenvalue weighted by molar-refractivity contribution is -0.123. The first kappa shape index (κ1) is 30.1. The third-order valence-corrected chi connectivity index (χ3v) is 6.47. The Labute approximate surface area is 241 Å². The fourth-order valence-electron chi connectivity index (χ4n) is 4.39. The third kappa shape index (κ3) is 6.22. The van der Waals surface area contributed by atoms with Crippen molar-refractivity contribution in [3.63, 3.8) is 0 Å². The van der Waals surface area contributed by atoms with E-state index in [1.165, 1.54) is 24.4 Å². The summed E-state index contributed by atoms with van der Waals surface area (Å²) in [6.45, 7) is 1.05. The van der Waals surface area contributed by atoms with Crippen LogP contribution >= 0.6 is 11.6 Å². The Morgan fingerprint density at radius 3 is 2.43 bits per heavy atom. The first-order valence-corrected chi connectivity index (χ1v) is 12.5. The molecule has 2 amide bonds. The Balaban J connectivity index is 1.92. The first-order valence-electron chi connectivity index (χ1n) is 12.1. The monoisotopic (exact) mass is 599 g/mol. The van der Waals surface area contributed by atoms with Gasteiger partial charge in [-0.05, 0) is 35.4 Å². The maximum Gasteiger partial charge on any atom is 0.405 e. The molecular weight excluding hydrogens is 578 g/mol. The zero-order chi connectivity index (χ0) is 30.8. The van der Waals surface area contributed by atoms with Gasteiger partial charge in [0.1, 0.15) is 19.0 Å². The smallest absolute Gasteiger partial charge is 0.384 e. The van der Waals surface area contributed by atoms with Crippen LogP contribution in [0, 0.1) is 11.8 Å². The fraction of sp³-hybridized carbons (Fsp3) is 0.138. The van der Waals surface area contributed by atoms with Gasteiger partial charge in [0.2, 0.25) is 0 Å². The average molecular weight is 600 g/mol. The summed E-state index contributed by atoms with van der Waals surface area (Å²) >= 11 is 6.39. The number of nitrogens with one attached hydrogen (secondary N) is 2. The van der Waals surface area contributed by atoms with Crippen molar-refractivity contribution in [3.8, 4) is 34.2 Å². The highest BCUT2D eigenvalue weighted by Gasteiger charge is 2.29. The summed E-state index contributed by atoms with van der Waals surface area (Å²) in [5.74, 6) is 2.42. The van der Waals surface area contributed by atoms with Crippen LogP contribution in [0.15, 0.2) is 61.1 Å². The molecule has 4 aromatic rings. The molecule has 0 bridgehead atoms. The zero-order valence-electron chi connectivity index (χ0n) is 21.9. The van der Waals surface area contributed by atoms with Gasteiger partial charge in [0, 0.05) is 24.5 Å². The molecule has 42 heavy (non-hydrogen) atoms. The summed E-state index contributed by atoms with van der Waals surface area (Å²) in [6.07, 6.45) is -3.14. The van der Waals surface area contributed by atoms with E-state index in [1.54, 1.807) is 41.2 Å². The summed E-state index contributed by atoms with van der Waals surface area (Å²) in [6, 6.07) is 10.7. The molecule has 0 saturated carbocycles. The van der Waals surface area contributed by atoms with Crippen LogP contribution in [0.3, 0.4) is 0 Å². The molecule has 2 aromatic heterocycles. The second kappa shape index (κ2) is 11.9. The number of rotatable bonds is 6. The lowest BCUT2D eigenvalue weighted by Gasteiger charge is -2.13. The second-order valence-corrected chi connectivity index (χ2v) is 9.36. The second-order valence-electron chi connectivity index (χ2n) is 8.95. The minimum atomic E-state index is -4.60. The lowest BCUT2D eigenvalue weighted by Crippen LogP contribution is -2.33. The van der Waals surface area contributed by atoms with Crippen molar-refractivity contribution >= 4 is 45.8 Å². The lowest BCUT2D eigenvalue weighted by atomic mass is 9.96. The van der Waals surface area contributed by atoms with Crippen LogP contribution in [-0.4, -0.2) is 45.8 Å². The van der Waals surface area contributed by atoms with Gasteiger partial charge in [-0.1, -0.05) is 48.2 Å². The molecule has 0 aliphatic carbocycles. The van der Waals surface area contributed by atoms with E-state index in [0.29, 0.717) is 44.5 Å². The standard InChI is InChI=1S/C29H22ClF4N5O3/c1-15(31)27(41)38-19-8-5-16(6-9-19)24-22(23-25(39(24)2)18(4-3-11-40)13-36-26(23)35)17-7-10-20(21(30)12-17)28(42)37-14-29(32,33)34/h5-10,12-13,40H,1,11,14H2,2H3,(H2,35,36)(H,37,42)(H,38,41). The van der Waals surface area contributed by atoms with Crippen LogP contribution in [0.2, 0.25) is 5.02 Å². The number of nitrogens with two attached hydrogens (primary N) is 1. The molecule has 4 rings (SSSR count). The van der Waals surface area contributed by atoms with E-state index in [9.17, 15) is 32.3 Å². The van der Waals surface area contributed by atoms with Crippen LogP contribution < -0.4 is 16.4 Å². The van der Waals surface area contributed by atoms with Crippen molar-refractivity contribution < 1.29 is 32.3 Å². The van der Waals surface area contributed by atoms with Crippen molar-refractivity contribution in [1.29, 1.82) is 0 Å². The number of hydrogen-bond acceptors (Lipinski definition) is 5. The Morgan fingerprint density at radius 1 is 1.17 bits per heavy atom. The van der Waals surface area contributed by atoms with Gasteiger partial charge < -0.3 is 26.0 Å². The predicted octanol–water partition coefficient (Wildman–Crippen LogP) is 5.20. The van der Waals surface area contributed by atoms with Gasteiger partial charge in [0.05, 0.1) is 32.7 Å². The molecule has 0 aliphatic heterocycles. The van der Waals surface area contributed by atoms with Crippen LogP contribution in [0.5, 0.6) is 0 Å². The molecule has 2 aromatic carbocycles. The summed E-state index contributed by atoms with van der Waals surface area (Å²) in [5, 5.41) is 13.8. The molecular formula is C29H22ClF4N5O3. The van der Waals surface area contributed by atoms with Gasteiger partial charge in [0.25, 0.3) is 11.8 Å². The van der Waals surface area contributed by atoms with E-state index in [0.717, 1.165) is 0 Å². The van der Waals surface area contributed by atoms with Crippen molar-refractivity contribution in [2.75, 3.05) is 24.2 Å². The van der Waals surface area contributed by atoms with E-state index in [-0.39, 0.29) is 16.4 Å². The van der Waals surface area contributed by atoms with E-state index >= 15 is 0 Å². The van der Waals surface area contributed by atoms with E-state index in [1.807, 2.05) is 0 Å². The minimum absolute atomic E-state index is 0.109. The van der Waals surface area contributed by atoms with Crippen LogP contribution in [0.4, 0.5) is 29.1 Å². The Kier molecular flexibility index (Phi) is 8.56. The third-order valence-electron chi connectivity index (χ3n) is 6.15. The Bertz CT molecular complexity index is 1790. The average Bonchev–Trinajstić information content (AvgIpc) is 3.25. The molecule has 2 heterocycles. The van der Waals surface area contributed by atoms with Crippen molar-refractivity contribution in [3.05, 3.63) is 77.2 Å². The Hall–Kier alpha value is -4.86. The molecule has 5 N–H and O–H groups in total. The molecule has 0 atom stereocenters. The van der Waals surface area contributed by atoms with Gasteiger partial charge >= 0.3 is 6.18 Å². The number of nitrogen functional groups attached to an aromatic ring is 1. The molecule has 0 radical (unpaired) electrons. The van der Waals surface area contributed by atoms with Gasteiger partial charge in [0.15, 0.2) is 5.83 Å². The molecule has 0 fully saturated rings. The Morgan fingerprint density at radius 2 is 1.83 bits per heavy atom. The van der Waals surface area contributed by atoms with Crippen LogP contribution in [0.1, 0.15) is 15.9 Å². The fourth-order valence-corrected chi connectivity index (χ4v) is 4.66. The summed E-state index contributed by atoms with van der Waals surface area (Å²) in [5.41, 5.74) is 9.65. The molecule has 0 saturated heterocycles. The zero-order valence-corrected chi connectivity index (χ0v) is 22.6. The summed E-state index contributed by atoms with van der Waals surface area (Å²) < 4.78 is 52.8. The highest BCUT2D eigenvalue weighted by Crippen LogP contribution is 2.44. The van der Waals surface area contributed by atoms with Crippen LogP contribution in [0.25, 0.3) is 33.3 Å². The van der Waals surface area contributed by atoms with E-state index in [2.05, 4.69) is 28.7 Å². The van der Waals surface area contributed by atoms with Crippen molar-refractivity contribution in [2.45, 2.75) is 6.18 Å². The number of aliphatic hydroxyl groups excluding tert-OH is 1. The van der Waals surface area contributed by atoms with Gasteiger partial charge in [-0.2, -0.15) is 13.2 Å². The topological polar surface area (TPSA) is 122 Å². The summed E-state index contributed by atoms with van der Waals surface area (Å²) in [4.78, 5) is 28.3. The number of carbonyl (C=O) groups is 2. The molecule has 8 nitrogen and oxygen atoms in total. The molecule has 0 unspecified atom stereocenters. The number of halogens is 5. The minimum Gasteiger partial charge on any atom is -0.384 e. The number of benzene rings is 2. The van der Waals surface area contributed by atoms with E-state index in [4.69, 9.17) is 17.3 Å². The molecule has 216 valence electrons. The quantitative estimate of drug-likeness (QED) is 0.138. The number of aryl methyl sites for hydroxylation is 1. The number of fused-ring (bicyclic) bond motifs is 1. The number of pyridine rings is 1. The summed E-state index contributed by atoms with van der Waals surface area (Å²) in [7, 11) is 1.74. The largest absolute Gasteiger partial charge is 0.405 e. The molecule has 0 aliphatic rings. The van der Waals surface area contributed by atoms with Crippen molar-refractivity contribution in [2.24, 2.45) is 7.05 Å². The molecule has 0 spiro atoms. The number of nitrogens with zero attached hydrogens (tertiary/aromatic N) is 2.